The van der Waals surface area contributed by atoms with Crippen LogP contribution in [0.3, 0.4) is 0 Å². The zero-order valence-corrected chi connectivity index (χ0v) is 22.2. The first-order chi connectivity index (χ1) is 17.5. The van der Waals surface area contributed by atoms with Gasteiger partial charge in [-0.3, -0.25) is 9.59 Å². The predicted octanol–water partition coefficient (Wildman–Crippen LogP) is 7.41. The van der Waals surface area contributed by atoms with Crippen molar-refractivity contribution in [3.05, 3.63) is 54.4 Å². The fraction of sp³-hybridized carbons (Fsp3) is 0.533. The Kier molecular flexibility index (Phi) is 14.1. The Morgan fingerprint density at radius 1 is 0.917 bits per heavy atom. The standard InChI is InChI=1S/C30H42N2O4/c1-4-5-6-7-8-9-10-11-12-17-29(34)36-28-22-31-30(32-23-28)27-20-18-26(19-21-27)16-14-13-15-24(2)35-25(3)33/h11-12,18-24H,4-10,13-17H2,1-3H3. The molecule has 0 aliphatic carbocycles. The molecule has 0 amide bonds. The van der Waals surface area contributed by atoms with E-state index in [-0.39, 0.29) is 24.5 Å². The highest BCUT2D eigenvalue weighted by Crippen LogP contribution is 2.19. The van der Waals surface area contributed by atoms with Crippen LogP contribution in [0.15, 0.2) is 48.8 Å². The van der Waals surface area contributed by atoms with Crippen LogP contribution in [0.2, 0.25) is 0 Å². The van der Waals surface area contributed by atoms with Gasteiger partial charge in [0, 0.05) is 12.5 Å². The first kappa shape index (κ1) is 29.2. The maximum Gasteiger partial charge on any atom is 0.315 e. The number of carbonyl (C=O) groups is 2. The molecule has 1 heterocycles. The molecule has 0 bridgehead atoms. The van der Waals surface area contributed by atoms with Crippen LogP contribution in [0, 0.1) is 0 Å². The number of benzene rings is 1. The van der Waals surface area contributed by atoms with Crippen molar-refractivity contribution >= 4 is 11.9 Å². The SMILES string of the molecule is CCCCCCCCC=CCC(=O)Oc1cnc(-c2ccc(CCCCC(C)OC(C)=O)cc2)nc1. The maximum atomic E-state index is 12.1. The fourth-order valence-electron chi connectivity index (χ4n) is 3.95. The van der Waals surface area contributed by atoms with Gasteiger partial charge < -0.3 is 9.47 Å². The van der Waals surface area contributed by atoms with Crippen LogP contribution >= 0.6 is 0 Å². The Labute approximate surface area is 216 Å². The highest BCUT2D eigenvalue weighted by atomic mass is 16.5. The number of unbranched alkanes of at least 4 members (excludes halogenated alkanes) is 7. The van der Waals surface area contributed by atoms with E-state index >= 15 is 0 Å². The molecule has 0 aliphatic heterocycles. The number of hydrogen-bond acceptors (Lipinski definition) is 6. The molecule has 1 aromatic heterocycles. The van der Waals surface area contributed by atoms with Gasteiger partial charge in [-0.25, -0.2) is 9.97 Å². The number of esters is 2. The minimum absolute atomic E-state index is 0.0318. The van der Waals surface area contributed by atoms with Crippen molar-refractivity contribution in [2.75, 3.05) is 0 Å². The van der Waals surface area contributed by atoms with E-state index in [1.807, 2.05) is 25.1 Å². The molecule has 0 spiro atoms. The lowest BCUT2D eigenvalue weighted by molar-refractivity contribution is -0.145. The van der Waals surface area contributed by atoms with Gasteiger partial charge in [0.15, 0.2) is 11.6 Å². The maximum absolute atomic E-state index is 12.1. The predicted molar refractivity (Wildman–Crippen MR) is 144 cm³/mol. The largest absolute Gasteiger partial charge is 0.463 e. The molecule has 0 aliphatic rings. The minimum Gasteiger partial charge on any atom is -0.463 e. The fourth-order valence-corrected chi connectivity index (χ4v) is 3.95. The van der Waals surface area contributed by atoms with Gasteiger partial charge in [0.2, 0.25) is 0 Å². The third-order valence-electron chi connectivity index (χ3n) is 5.94. The van der Waals surface area contributed by atoms with E-state index < -0.39 is 0 Å². The highest BCUT2D eigenvalue weighted by Gasteiger charge is 2.07. The summed E-state index contributed by atoms with van der Waals surface area (Å²) in [6.45, 7) is 5.60. The van der Waals surface area contributed by atoms with Crippen molar-refractivity contribution < 1.29 is 19.1 Å². The zero-order chi connectivity index (χ0) is 26.0. The molecule has 0 saturated carbocycles. The lowest BCUT2D eigenvalue weighted by atomic mass is 10.0. The summed E-state index contributed by atoms with van der Waals surface area (Å²) in [5.41, 5.74) is 2.16. The van der Waals surface area contributed by atoms with Crippen LogP contribution in [0.4, 0.5) is 0 Å². The third-order valence-corrected chi connectivity index (χ3v) is 5.94. The Balaban J connectivity index is 1.68. The first-order valence-electron chi connectivity index (χ1n) is 13.4. The molecule has 6 nitrogen and oxygen atoms in total. The van der Waals surface area contributed by atoms with Crippen LogP contribution in [0.25, 0.3) is 11.4 Å². The molecular weight excluding hydrogens is 452 g/mol. The van der Waals surface area contributed by atoms with Crippen LogP contribution < -0.4 is 4.74 Å². The second kappa shape index (κ2) is 17.4. The van der Waals surface area contributed by atoms with Crippen LogP contribution in [0.1, 0.15) is 97.0 Å². The molecule has 0 saturated heterocycles. The Hall–Kier alpha value is -3.02. The lowest BCUT2D eigenvalue weighted by Crippen LogP contribution is -2.11. The topological polar surface area (TPSA) is 78.4 Å². The molecular formula is C30H42N2O4. The van der Waals surface area contributed by atoms with Gasteiger partial charge in [-0.2, -0.15) is 0 Å². The Morgan fingerprint density at radius 3 is 2.31 bits per heavy atom. The summed E-state index contributed by atoms with van der Waals surface area (Å²) >= 11 is 0. The second-order valence-electron chi connectivity index (χ2n) is 9.31. The number of allylic oxidation sites excluding steroid dienone is 1. The summed E-state index contributed by atoms with van der Waals surface area (Å²) in [5, 5.41) is 0. The molecule has 2 rings (SSSR count). The minimum atomic E-state index is -0.308. The number of hydrogen-bond donors (Lipinski definition) is 0. The quantitative estimate of drug-likeness (QED) is 0.129. The van der Waals surface area contributed by atoms with Gasteiger partial charge in [0.25, 0.3) is 0 Å². The normalized spacial score (nSPS) is 12.0. The van der Waals surface area contributed by atoms with Gasteiger partial charge in [0.05, 0.1) is 24.9 Å². The Bertz CT molecular complexity index is 923. The average molecular weight is 495 g/mol. The molecule has 0 fully saturated rings. The second-order valence-corrected chi connectivity index (χ2v) is 9.31. The monoisotopic (exact) mass is 494 g/mol. The third kappa shape index (κ3) is 12.6. The van der Waals surface area contributed by atoms with Crippen LogP contribution in [-0.2, 0) is 20.7 Å². The van der Waals surface area contributed by atoms with Gasteiger partial charge in [0.1, 0.15) is 0 Å². The number of nitrogens with zero attached hydrogens (tertiary/aromatic N) is 2. The average Bonchev–Trinajstić information content (AvgIpc) is 2.86. The summed E-state index contributed by atoms with van der Waals surface area (Å²) in [7, 11) is 0. The van der Waals surface area contributed by atoms with Crippen molar-refractivity contribution in [2.24, 2.45) is 0 Å². The summed E-state index contributed by atoms with van der Waals surface area (Å²) in [5.74, 6) is 0.415. The van der Waals surface area contributed by atoms with E-state index in [1.165, 1.54) is 51.0 Å². The van der Waals surface area contributed by atoms with E-state index in [2.05, 4.69) is 35.1 Å². The highest BCUT2D eigenvalue weighted by molar-refractivity contribution is 5.73. The molecule has 36 heavy (non-hydrogen) atoms. The molecule has 1 atom stereocenters. The summed E-state index contributed by atoms with van der Waals surface area (Å²) in [6, 6.07) is 8.18. The van der Waals surface area contributed by atoms with Crippen LogP contribution in [-0.4, -0.2) is 28.0 Å². The molecule has 1 unspecified atom stereocenters. The van der Waals surface area contributed by atoms with Crippen molar-refractivity contribution in [1.82, 2.24) is 9.97 Å². The molecule has 0 radical (unpaired) electrons. The van der Waals surface area contributed by atoms with Gasteiger partial charge >= 0.3 is 11.9 Å². The Morgan fingerprint density at radius 2 is 1.61 bits per heavy atom. The first-order valence-corrected chi connectivity index (χ1v) is 13.4. The van der Waals surface area contributed by atoms with E-state index in [1.54, 1.807) is 12.4 Å². The molecule has 2 aromatic rings. The van der Waals surface area contributed by atoms with Crippen molar-refractivity contribution in [1.29, 1.82) is 0 Å². The zero-order valence-electron chi connectivity index (χ0n) is 22.2. The number of rotatable bonds is 17. The number of aromatic nitrogens is 2. The number of aryl methyl sites for hydroxylation is 1. The molecule has 0 N–H and O–H groups in total. The van der Waals surface area contributed by atoms with Gasteiger partial charge in [-0.15, -0.1) is 0 Å². The lowest BCUT2D eigenvalue weighted by Gasteiger charge is -2.11. The summed E-state index contributed by atoms with van der Waals surface area (Å²) in [6.07, 6.45) is 19.8. The molecule has 1 aromatic carbocycles. The number of carbonyl (C=O) groups excluding carboxylic acids is 2. The van der Waals surface area contributed by atoms with E-state index in [0.29, 0.717) is 11.6 Å². The summed E-state index contributed by atoms with van der Waals surface area (Å²) in [4.78, 5) is 31.7. The number of ether oxygens (including phenoxy) is 2. The summed E-state index contributed by atoms with van der Waals surface area (Å²) < 4.78 is 10.5. The van der Waals surface area contributed by atoms with Gasteiger partial charge in [-0.1, -0.05) is 75.4 Å². The van der Waals surface area contributed by atoms with Crippen molar-refractivity contribution in [3.63, 3.8) is 0 Å². The van der Waals surface area contributed by atoms with Crippen LogP contribution in [0.5, 0.6) is 5.75 Å². The van der Waals surface area contributed by atoms with Gasteiger partial charge in [-0.05, 0) is 51.0 Å². The van der Waals surface area contributed by atoms with E-state index in [0.717, 1.165) is 37.7 Å². The smallest absolute Gasteiger partial charge is 0.315 e. The van der Waals surface area contributed by atoms with E-state index in [4.69, 9.17) is 9.47 Å². The molecule has 6 heteroatoms. The van der Waals surface area contributed by atoms with E-state index in [9.17, 15) is 9.59 Å². The molecule has 196 valence electrons. The van der Waals surface area contributed by atoms with Crippen molar-refractivity contribution in [2.45, 2.75) is 104 Å². The van der Waals surface area contributed by atoms with Crippen molar-refractivity contribution in [3.8, 4) is 17.1 Å².